The number of carbonyl (C=O) groups excluding carboxylic acids is 1. The van der Waals surface area contributed by atoms with E-state index in [2.05, 4.69) is 12.2 Å². The normalized spacial score (nSPS) is 22.2. The number of benzene rings is 1. The number of aliphatic carboxylic acids is 1. The van der Waals surface area contributed by atoms with Crippen molar-refractivity contribution in [3.05, 3.63) is 29.8 Å². The summed E-state index contributed by atoms with van der Waals surface area (Å²) in [6.07, 6.45) is 3.99. The van der Waals surface area contributed by atoms with Crippen molar-refractivity contribution in [1.29, 1.82) is 0 Å². The molecule has 1 saturated carbocycles. The van der Waals surface area contributed by atoms with Crippen LogP contribution in [0.15, 0.2) is 24.3 Å². The van der Waals surface area contributed by atoms with Crippen LogP contribution in [0.2, 0.25) is 0 Å². The quantitative estimate of drug-likeness (QED) is 0.887. The van der Waals surface area contributed by atoms with E-state index in [0.29, 0.717) is 12.8 Å². The summed E-state index contributed by atoms with van der Waals surface area (Å²) in [6.45, 7) is 2.06. The van der Waals surface area contributed by atoms with E-state index in [1.165, 1.54) is 0 Å². The third-order valence-electron chi connectivity index (χ3n) is 4.02. The summed E-state index contributed by atoms with van der Waals surface area (Å²) in [5.41, 5.74) is 1.91. The third kappa shape index (κ3) is 3.38. The fourth-order valence-corrected chi connectivity index (χ4v) is 2.84. The Morgan fingerprint density at radius 2 is 1.95 bits per heavy atom. The van der Waals surface area contributed by atoms with Gasteiger partial charge in [0.1, 0.15) is 0 Å². The van der Waals surface area contributed by atoms with Gasteiger partial charge >= 0.3 is 5.97 Å². The molecule has 4 nitrogen and oxygen atoms in total. The Morgan fingerprint density at radius 3 is 2.60 bits per heavy atom. The second-order valence-electron chi connectivity index (χ2n) is 5.38. The van der Waals surface area contributed by atoms with Crippen molar-refractivity contribution in [2.45, 2.75) is 39.0 Å². The van der Waals surface area contributed by atoms with E-state index in [0.717, 1.165) is 30.5 Å². The van der Waals surface area contributed by atoms with E-state index in [-0.39, 0.29) is 5.91 Å². The number of carbonyl (C=O) groups is 2. The van der Waals surface area contributed by atoms with E-state index >= 15 is 0 Å². The van der Waals surface area contributed by atoms with Crippen LogP contribution in [0.1, 0.15) is 38.2 Å². The number of aryl methyl sites for hydroxylation is 1. The Hall–Kier alpha value is -1.84. The molecule has 20 heavy (non-hydrogen) atoms. The number of hydrogen-bond acceptors (Lipinski definition) is 2. The van der Waals surface area contributed by atoms with Gasteiger partial charge in [-0.15, -0.1) is 0 Å². The molecule has 2 N–H and O–H groups in total. The van der Waals surface area contributed by atoms with Crippen LogP contribution in [0.4, 0.5) is 5.69 Å². The number of carboxylic acids is 1. The minimum atomic E-state index is -0.854. The fourth-order valence-electron chi connectivity index (χ4n) is 2.84. The van der Waals surface area contributed by atoms with Gasteiger partial charge in [-0.2, -0.15) is 0 Å². The molecule has 0 aliphatic heterocycles. The lowest BCUT2D eigenvalue weighted by Gasteiger charge is -2.27. The monoisotopic (exact) mass is 275 g/mol. The zero-order valence-corrected chi connectivity index (χ0v) is 11.8. The largest absolute Gasteiger partial charge is 0.481 e. The predicted molar refractivity (Wildman–Crippen MR) is 77.5 cm³/mol. The number of amides is 1. The Morgan fingerprint density at radius 1 is 1.25 bits per heavy atom. The maximum atomic E-state index is 12.3. The van der Waals surface area contributed by atoms with Crippen molar-refractivity contribution in [2.75, 3.05) is 5.32 Å². The molecule has 0 radical (unpaired) electrons. The molecule has 0 unspecified atom stereocenters. The first-order chi connectivity index (χ1) is 9.61. The molecular weight excluding hydrogens is 254 g/mol. The van der Waals surface area contributed by atoms with Gasteiger partial charge < -0.3 is 10.4 Å². The number of rotatable bonds is 4. The van der Waals surface area contributed by atoms with Gasteiger partial charge in [-0.1, -0.05) is 31.9 Å². The van der Waals surface area contributed by atoms with Gasteiger partial charge in [-0.25, -0.2) is 0 Å². The lowest BCUT2D eigenvalue weighted by Crippen LogP contribution is -2.36. The highest BCUT2D eigenvalue weighted by Gasteiger charge is 2.35. The topological polar surface area (TPSA) is 66.4 Å². The molecule has 0 bridgehead atoms. The zero-order valence-electron chi connectivity index (χ0n) is 11.8. The van der Waals surface area contributed by atoms with Crippen LogP contribution in [0, 0.1) is 11.8 Å². The summed E-state index contributed by atoms with van der Waals surface area (Å²) in [6, 6.07) is 7.70. The molecule has 0 saturated heterocycles. The molecule has 1 aliphatic carbocycles. The first-order valence-electron chi connectivity index (χ1n) is 7.24. The van der Waals surface area contributed by atoms with E-state index in [9.17, 15) is 14.7 Å². The number of carboxylic acid groups (broad SMARTS) is 1. The Labute approximate surface area is 119 Å². The number of anilines is 1. The van der Waals surface area contributed by atoms with Crippen LogP contribution >= 0.6 is 0 Å². The van der Waals surface area contributed by atoms with E-state index in [1.54, 1.807) is 0 Å². The van der Waals surface area contributed by atoms with Crippen LogP contribution in [-0.4, -0.2) is 17.0 Å². The van der Waals surface area contributed by atoms with Gasteiger partial charge in [-0.05, 0) is 37.0 Å². The molecule has 108 valence electrons. The van der Waals surface area contributed by atoms with Gasteiger partial charge in [-0.3, -0.25) is 9.59 Å². The van der Waals surface area contributed by atoms with Gasteiger partial charge in [0.2, 0.25) is 5.91 Å². The van der Waals surface area contributed by atoms with Crippen molar-refractivity contribution in [3.63, 3.8) is 0 Å². The maximum Gasteiger partial charge on any atom is 0.307 e. The van der Waals surface area contributed by atoms with E-state index in [4.69, 9.17) is 0 Å². The molecule has 1 aliphatic rings. The molecule has 1 amide bonds. The Kier molecular flexibility index (Phi) is 4.77. The molecule has 0 aromatic heterocycles. The summed E-state index contributed by atoms with van der Waals surface area (Å²) in [7, 11) is 0. The Bertz CT molecular complexity index is 498. The standard InChI is InChI=1S/C16H21NO3/c1-2-11-6-5-7-12(10-11)17-15(18)13-8-3-4-9-14(13)16(19)20/h5-7,10,13-14H,2-4,8-9H2,1H3,(H,17,18)(H,19,20)/t13-,14-/m0/s1. The molecule has 1 aromatic rings. The molecule has 1 fully saturated rings. The molecule has 0 spiro atoms. The zero-order chi connectivity index (χ0) is 14.5. The van der Waals surface area contributed by atoms with Crippen molar-refractivity contribution >= 4 is 17.6 Å². The lowest BCUT2D eigenvalue weighted by atomic mass is 9.78. The smallest absolute Gasteiger partial charge is 0.307 e. The summed E-state index contributed by atoms with van der Waals surface area (Å²) in [4.78, 5) is 23.5. The SMILES string of the molecule is CCc1cccc(NC(=O)[C@H]2CCCC[C@@H]2C(=O)O)c1. The molecule has 2 rings (SSSR count). The van der Waals surface area contributed by atoms with Crippen molar-refractivity contribution < 1.29 is 14.7 Å². The maximum absolute atomic E-state index is 12.3. The average molecular weight is 275 g/mol. The van der Waals surface area contributed by atoms with E-state index < -0.39 is 17.8 Å². The average Bonchev–Trinajstić information content (AvgIpc) is 2.47. The summed E-state index contributed by atoms with van der Waals surface area (Å²) < 4.78 is 0. The summed E-state index contributed by atoms with van der Waals surface area (Å²) in [5.74, 6) is -1.97. The van der Waals surface area contributed by atoms with Gasteiger partial charge in [0.15, 0.2) is 0 Å². The van der Waals surface area contributed by atoms with Crippen LogP contribution in [0.25, 0.3) is 0 Å². The third-order valence-corrected chi connectivity index (χ3v) is 4.02. The second-order valence-corrected chi connectivity index (χ2v) is 5.38. The van der Waals surface area contributed by atoms with Crippen LogP contribution in [-0.2, 0) is 16.0 Å². The molecule has 1 aromatic carbocycles. The van der Waals surface area contributed by atoms with Gasteiger partial charge in [0.05, 0.1) is 11.8 Å². The minimum Gasteiger partial charge on any atom is -0.481 e. The molecule has 4 heteroatoms. The lowest BCUT2D eigenvalue weighted by molar-refractivity contribution is -0.147. The van der Waals surface area contributed by atoms with Crippen LogP contribution in [0.5, 0.6) is 0 Å². The minimum absolute atomic E-state index is 0.162. The highest BCUT2D eigenvalue weighted by molar-refractivity contribution is 5.95. The number of hydrogen-bond donors (Lipinski definition) is 2. The molecule has 2 atom stereocenters. The van der Waals surface area contributed by atoms with Gasteiger partial charge in [0, 0.05) is 5.69 Å². The summed E-state index contributed by atoms with van der Waals surface area (Å²) >= 11 is 0. The van der Waals surface area contributed by atoms with E-state index in [1.807, 2.05) is 24.3 Å². The first-order valence-corrected chi connectivity index (χ1v) is 7.24. The number of nitrogens with one attached hydrogen (secondary N) is 1. The second kappa shape index (κ2) is 6.55. The molecular formula is C16H21NO3. The van der Waals surface area contributed by atoms with Crippen molar-refractivity contribution in [3.8, 4) is 0 Å². The predicted octanol–water partition coefficient (Wildman–Crippen LogP) is 3.08. The van der Waals surface area contributed by atoms with Crippen molar-refractivity contribution in [2.24, 2.45) is 11.8 Å². The van der Waals surface area contributed by atoms with Crippen LogP contribution < -0.4 is 5.32 Å². The van der Waals surface area contributed by atoms with Crippen molar-refractivity contribution in [1.82, 2.24) is 0 Å². The highest BCUT2D eigenvalue weighted by atomic mass is 16.4. The first kappa shape index (κ1) is 14.6. The fraction of sp³-hybridized carbons (Fsp3) is 0.500. The van der Waals surface area contributed by atoms with Gasteiger partial charge in [0.25, 0.3) is 0 Å². The molecule has 0 heterocycles. The van der Waals surface area contributed by atoms with Crippen LogP contribution in [0.3, 0.4) is 0 Å². The summed E-state index contributed by atoms with van der Waals surface area (Å²) in [5, 5.41) is 12.1. The Balaban J connectivity index is 2.07. The highest BCUT2D eigenvalue weighted by Crippen LogP contribution is 2.31.